The molecule has 24 heavy (non-hydrogen) atoms. The minimum Gasteiger partial charge on any atom is -0.496 e. The van der Waals surface area contributed by atoms with Crippen LogP contribution in [-0.2, 0) is 6.54 Å². The van der Waals surface area contributed by atoms with Crippen LogP contribution in [0.3, 0.4) is 0 Å². The van der Waals surface area contributed by atoms with Crippen molar-refractivity contribution in [2.45, 2.75) is 52.0 Å². The predicted octanol–water partition coefficient (Wildman–Crippen LogP) is 4.69. The normalized spacial score (nSPS) is 21.6. The summed E-state index contributed by atoms with van der Waals surface area (Å²) in [5, 5.41) is 0. The van der Waals surface area contributed by atoms with Crippen molar-refractivity contribution >= 4 is 0 Å². The first-order chi connectivity index (χ1) is 11.3. The van der Waals surface area contributed by atoms with Crippen molar-refractivity contribution < 1.29 is 18.3 Å². The number of hydrogen-bond acceptors (Lipinski definition) is 3. The lowest BCUT2D eigenvalue weighted by Crippen LogP contribution is -2.27. The van der Waals surface area contributed by atoms with Crippen LogP contribution >= 0.6 is 0 Å². The van der Waals surface area contributed by atoms with Gasteiger partial charge in [-0.05, 0) is 24.9 Å². The lowest BCUT2D eigenvalue weighted by molar-refractivity contribution is -0.0545. The van der Waals surface area contributed by atoms with E-state index in [0.29, 0.717) is 26.1 Å². The minimum atomic E-state index is -2.57. The van der Waals surface area contributed by atoms with Crippen molar-refractivity contribution in [2.24, 2.45) is 5.92 Å². The second-order valence-corrected chi connectivity index (χ2v) is 7.01. The highest BCUT2D eigenvalue weighted by Crippen LogP contribution is 2.39. The maximum absolute atomic E-state index is 13.9. The van der Waals surface area contributed by atoms with Crippen LogP contribution < -0.4 is 9.47 Å². The third kappa shape index (κ3) is 4.00. The molecule has 0 saturated carbocycles. The van der Waals surface area contributed by atoms with E-state index in [1.807, 2.05) is 12.1 Å². The lowest BCUT2D eigenvalue weighted by Gasteiger charge is -2.24. The summed E-state index contributed by atoms with van der Waals surface area (Å²) in [4.78, 5) is 2.10. The average Bonchev–Trinajstić information content (AvgIpc) is 2.67. The molecule has 2 rings (SSSR count). The maximum Gasteiger partial charge on any atom is 0.251 e. The standard InChI is InChI=1S/C19H29F2NO2/c1-13(2)17-16(23-4)7-6-15(18(17)24-5)12-22-10-8-14(3)19(20,21)9-11-22/h6-7,13-14H,8-12H2,1-5H3. The summed E-state index contributed by atoms with van der Waals surface area (Å²) < 4.78 is 39.0. The molecule has 1 unspecified atom stereocenters. The molecule has 0 bridgehead atoms. The van der Waals surface area contributed by atoms with Crippen LogP contribution in [-0.4, -0.2) is 38.1 Å². The number of benzene rings is 1. The van der Waals surface area contributed by atoms with Crippen LogP contribution in [0.1, 0.15) is 50.7 Å². The van der Waals surface area contributed by atoms with Crippen LogP contribution in [0.4, 0.5) is 8.78 Å². The molecule has 1 aliphatic rings. The fourth-order valence-corrected chi connectivity index (χ4v) is 3.37. The van der Waals surface area contributed by atoms with E-state index in [1.165, 1.54) is 0 Å². The Kier molecular flexibility index (Phi) is 6.07. The van der Waals surface area contributed by atoms with Crippen molar-refractivity contribution in [1.82, 2.24) is 4.90 Å². The van der Waals surface area contributed by atoms with E-state index >= 15 is 0 Å². The third-order valence-electron chi connectivity index (χ3n) is 4.99. The van der Waals surface area contributed by atoms with Crippen LogP contribution in [0.5, 0.6) is 11.5 Å². The average molecular weight is 341 g/mol. The Morgan fingerprint density at radius 2 is 1.92 bits per heavy atom. The van der Waals surface area contributed by atoms with Crippen molar-refractivity contribution in [3.05, 3.63) is 23.3 Å². The zero-order valence-corrected chi connectivity index (χ0v) is 15.4. The van der Waals surface area contributed by atoms with Crippen molar-refractivity contribution in [2.75, 3.05) is 27.3 Å². The quantitative estimate of drug-likeness (QED) is 0.775. The van der Waals surface area contributed by atoms with Crippen molar-refractivity contribution in [3.8, 4) is 11.5 Å². The molecule has 1 aromatic carbocycles. The highest BCUT2D eigenvalue weighted by Gasteiger charge is 2.38. The van der Waals surface area contributed by atoms with Gasteiger partial charge in [0.25, 0.3) is 5.92 Å². The summed E-state index contributed by atoms with van der Waals surface area (Å²) in [5.74, 6) is -1.26. The highest BCUT2D eigenvalue weighted by molar-refractivity contribution is 5.51. The van der Waals surface area contributed by atoms with Crippen LogP contribution in [0.25, 0.3) is 0 Å². The van der Waals surface area contributed by atoms with E-state index in [9.17, 15) is 8.78 Å². The number of hydrogen-bond donors (Lipinski definition) is 0. The fraction of sp³-hybridized carbons (Fsp3) is 0.684. The molecule has 1 heterocycles. The van der Waals surface area contributed by atoms with Gasteiger partial charge in [-0.1, -0.05) is 26.8 Å². The summed E-state index contributed by atoms with van der Waals surface area (Å²) in [5.41, 5.74) is 2.06. The largest absolute Gasteiger partial charge is 0.496 e. The summed E-state index contributed by atoms with van der Waals surface area (Å²) in [7, 11) is 3.31. The maximum atomic E-state index is 13.9. The summed E-state index contributed by atoms with van der Waals surface area (Å²) >= 11 is 0. The fourth-order valence-electron chi connectivity index (χ4n) is 3.37. The van der Waals surface area contributed by atoms with E-state index in [0.717, 1.165) is 22.6 Å². The second-order valence-electron chi connectivity index (χ2n) is 7.01. The smallest absolute Gasteiger partial charge is 0.251 e. The molecule has 1 atom stereocenters. The van der Waals surface area contributed by atoms with E-state index in [-0.39, 0.29) is 12.3 Å². The molecule has 5 heteroatoms. The first-order valence-electron chi connectivity index (χ1n) is 8.64. The number of ether oxygens (including phenoxy) is 2. The Morgan fingerprint density at radius 1 is 1.21 bits per heavy atom. The first kappa shape index (κ1) is 19.0. The first-order valence-corrected chi connectivity index (χ1v) is 8.64. The SMILES string of the molecule is COc1ccc(CN2CCC(C)C(F)(F)CC2)c(OC)c1C(C)C. The van der Waals surface area contributed by atoms with Gasteiger partial charge >= 0.3 is 0 Å². The van der Waals surface area contributed by atoms with Gasteiger partial charge in [-0.3, -0.25) is 4.90 Å². The van der Waals surface area contributed by atoms with Gasteiger partial charge in [-0.15, -0.1) is 0 Å². The summed E-state index contributed by atoms with van der Waals surface area (Å²) in [6.07, 6.45) is 0.437. The Bertz CT molecular complexity index is 561. The van der Waals surface area contributed by atoms with Gasteiger partial charge in [0.2, 0.25) is 0 Å². The van der Waals surface area contributed by atoms with Gasteiger partial charge in [0.15, 0.2) is 0 Å². The van der Waals surface area contributed by atoms with E-state index in [4.69, 9.17) is 9.47 Å². The number of alkyl halides is 2. The van der Waals surface area contributed by atoms with Gasteiger partial charge in [0.05, 0.1) is 14.2 Å². The molecule has 1 saturated heterocycles. The highest BCUT2D eigenvalue weighted by atomic mass is 19.3. The predicted molar refractivity (Wildman–Crippen MR) is 92.3 cm³/mol. The Hall–Kier alpha value is -1.36. The Labute approximate surface area is 143 Å². The van der Waals surface area contributed by atoms with Gasteiger partial charge in [0.1, 0.15) is 11.5 Å². The second kappa shape index (κ2) is 7.68. The Balaban J connectivity index is 2.25. The van der Waals surface area contributed by atoms with Crippen molar-refractivity contribution in [1.29, 1.82) is 0 Å². The Morgan fingerprint density at radius 3 is 2.50 bits per heavy atom. The third-order valence-corrected chi connectivity index (χ3v) is 4.99. The molecule has 0 spiro atoms. The zero-order chi connectivity index (χ0) is 17.9. The number of likely N-dealkylation sites (tertiary alicyclic amines) is 1. The molecule has 0 N–H and O–H groups in total. The van der Waals surface area contributed by atoms with Gasteiger partial charge in [-0.25, -0.2) is 8.78 Å². The molecule has 1 aromatic rings. The van der Waals surface area contributed by atoms with Gasteiger partial charge in [-0.2, -0.15) is 0 Å². The van der Waals surface area contributed by atoms with Crippen molar-refractivity contribution in [3.63, 3.8) is 0 Å². The van der Waals surface area contributed by atoms with Gasteiger partial charge < -0.3 is 9.47 Å². The zero-order valence-electron chi connectivity index (χ0n) is 15.4. The van der Waals surface area contributed by atoms with Gasteiger partial charge in [0, 0.05) is 36.6 Å². The van der Waals surface area contributed by atoms with Crippen LogP contribution in [0, 0.1) is 5.92 Å². The molecule has 0 radical (unpaired) electrons. The van der Waals surface area contributed by atoms with E-state index < -0.39 is 11.8 Å². The van der Waals surface area contributed by atoms with Crippen LogP contribution in [0.2, 0.25) is 0 Å². The number of halogens is 2. The molecule has 3 nitrogen and oxygen atoms in total. The summed E-state index contributed by atoms with van der Waals surface area (Å²) in [6.45, 7) is 7.55. The topological polar surface area (TPSA) is 21.7 Å². The molecule has 1 aliphatic heterocycles. The van der Waals surface area contributed by atoms with E-state index in [1.54, 1.807) is 21.1 Å². The number of methoxy groups -OCH3 is 2. The molecule has 0 aromatic heterocycles. The molecule has 0 amide bonds. The molecular formula is C19H29F2NO2. The number of rotatable bonds is 5. The van der Waals surface area contributed by atoms with Crippen LogP contribution in [0.15, 0.2) is 12.1 Å². The molecule has 1 fully saturated rings. The van der Waals surface area contributed by atoms with E-state index in [2.05, 4.69) is 18.7 Å². The lowest BCUT2D eigenvalue weighted by atomic mass is 9.97. The monoisotopic (exact) mass is 341 g/mol. The minimum absolute atomic E-state index is 0.0797. The summed E-state index contributed by atoms with van der Waals surface area (Å²) in [6, 6.07) is 3.93. The molecular weight excluding hydrogens is 312 g/mol. The number of nitrogens with zero attached hydrogens (tertiary/aromatic N) is 1. The molecule has 136 valence electrons. The molecule has 0 aliphatic carbocycles.